The van der Waals surface area contributed by atoms with E-state index >= 15 is 0 Å². The van der Waals surface area contributed by atoms with Crippen molar-refractivity contribution in [1.82, 2.24) is 4.98 Å². The molecule has 1 aromatic heterocycles. The SMILES string of the molecule is O=C/C(=C/Nc1ccc(O)cc1)c1nc2cc(Cl)ccc2o1. The number of allylic oxidation sites excluding steroid dienone is 1. The molecular formula is C16H11ClN2O3. The first-order valence-electron chi connectivity index (χ1n) is 6.43. The zero-order valence-electron chi connectivity index (χ0n) is 11.3. The molecule has 6 heteroatoms. The van der Waals surface area contributed by atoms with Gasteiger partial charge in [0.15, 0.2) is 11.9 Å². The van der Waals surface area contributed by atoms with Crippen molar-refractivity contribution in [2.24, 2.45) is 0 Å². The quantitative estimate of drug-likeness (QED) is 0.435. The Morgan fingerprint density at radius 3 is 2.73 bits per heavy atom. The van der Waals surface area contributed by atoms with Crippen molar-refractivity contribution in [3.8, 4) is 5.75 Å². The van der Waals surface area contributed by atoms with Crippen LogP contribution in [0, 0.1) is 0 Å². The molecule has 0 fully saturated rings. The molecule has 0 aliphatic rings. The van der Waals surface area contributed by atoms with Crippen LogP contribution in [0.15, 0.2) is 53.1 Å². The Morgan fingerprint density at radius 2 is 2.00 bits per heavy atom. The molecule has 0 saturated carbocycles. The number of hydrogen-bond donors (Lipinski definition) is 2. The zero-order valence-corrected chi connectivity index (χ0v) is 12.0. The van der Waals surface area contributed by atoms with Crippen molar-refractivity contribution >= 4 is 40.2 Å². The third-order valence-electron chi connectivity index (χ3n) is 2.99. The number of phenolic OH excluding ortho intramolecular Hbond substituents is 1. The zero-order chi connectivity index (χ0) is 15.5. The van der Waals surface area contributed by atoms with Gasteiger partial charge < -0.3 is 14.8 Å². The predicted molar refractivity (Wildman–Crippen MR) is 84.8 cm³/mol. The number of aromatic nitrogens is 1. The van der Waals surface area contributed by atoms with Crippen LogP contribution in [0.2, 0.25) is 5.02 Å². The van der Waals surface area contributed by atoms with Gasteiger partial charge in [-0.15, -0.1) is 0 Å². The maximum Gasteiger partial charge on any atom is 0.232 e. The van der Waals surface area contributed by atoms with E-state index in [1.807, 2.05) is 0 Å². The lowest BCUT2D eigenvalue weighted by Gasteiger charge is -2.01. The number of aldehydes is 1. The van der Waals surface area contributed by atoms with Crippen LogP contribution in [0.1, 0.15) is 5.89 Å². The molecule has 2 N–H and O–H groups in total. The third-order valence-corrected chi connectivity index (χ3v) is 3.22. The monoisotopic (exact) mass is 314 g/mol. The molecule has 0 radical (unpaired) electrons. The van der Waals surface area contributed by atoms with Crippen LogP contribution in [0.3, 0.4) is 0 Å². The predicted octanol–water partition coefficient (Wildman–Crippen LogP) is 3.84. The summed E-state index contributed by atoms with van der Waals surface area (Å²) in [5.74, 6) is 0.375. The maximum absolute atomic E-state index is 11.3. The molecule has 0 amide bonds. The molecule has 0 aliphatic heterocycles. The maximum atomic E-state index is 11.3. The molecule has 5 nitrogen and oxygen atoms in total. The number of oxazole rings is 1. The van der Waals surface area contributed by atoms with Gasteiger partial charge in [-0.3, -0.25) is 4.79 Å². The standard InChI is InChI=1S/C16H11ClN2O3/c17-11-1-6-15-14(7-11)19-16(22-15)10(9-20)8-18-12-2-4-13(21)5-3-12/h1-9,18,21H/b10-8-. The van der Waals surface area contributed by atoms with Gasteiger partial charge in [-0.1, -0.05) is 11.6 Å². The van der Waals surface area contributed by atoms with E-state index in [2.05, 4.69) is 10.3 Å². The first-order valence-corrected chi connectivity index (χ1v) is 6.81. The molecule has 0 bridgehead atoms. The Labute approximate surface area is 130 Å². The number of benzene rings is 2. The van der Waals surface area contributed by atoms with Crippen molar-refractivity contribution in [3.63, 3.8) is 0 Å². The first kappa shape index (κ1) is 14.2. The molecule has 0 aliphatic carbocycles. The number of anilines is 1. The summed E-state index contributed by atoms with van der Waals surface area (Å²) < 4.78 is 5.53. The van der Waals surface area contributed by atoms with E-state index in [0.29, 0.717) is 22.4 Å². The van der Waals surface area contributed by atoms with Crippen LogP contribution in [0.4, 0.5) is 5.69 Å². The number of carbonyl (C=O) groups is 1. The number of nitrogens with zero attached hydrogens (tertiary/aromatic N) is 1. The second-order valence-electron chi connectivity index (χ2n) is 4.54. The van der Waals surface area contributed by atoms with E-state index < -0.39 is 0 Å². The molecule has 1 heterocycles. The largest absolute Gasteiger partial charge is 0.508 e. The normalized spacial score (nSPS) is 11.6. The van der Waals surface area contributed by atoms with Crippen molar-refractivity contribution in [2.75, 3.05) is 5.32 Å². The van der Waals surface area contributed by atoms with E-state index in [9.17, 15) is 9.90 Å². The molecule has 0 unspecified atom stereocenters. The van der Waals surface area contributed by atoms with Crippen molar-refractivity contribution in [1.29, 1.82) is 0 Å². The van der Waals surface area contributed by atoms with Crippen LogP contribution in [0.25, 0.3) is 16.7 Å². The Hall–Kier alpha value is -2.79. The molecule has 3 aromatic rings. The van der Waals surface area contributed by atoms with E-state index in [-0.39, 0.29) is 17.2 Å². The van der Waals surface area contributed by atoms with E-state index in [1.165, 1.54) is 18.3 Å². The first-order chi connectivity index (χ1) is 10.7. The number of hydrogen-bond acceptors (Lipinski definition) is 5. The average molecular weight is 315 g/mol. The summed E-state index contributed by atoms with van der Waals surface area (Å²) in [5.41, 5.74) is 2.12. The average Bonchev–Trinajstić information content (AvgIpc) is 2.92. The number of rotatable bonds is 4. The number of carbonyl (C=O) groups excluding carboxylic acids is 1. The van der Waals surface area contributed by atoms with Gasteiger partial charge in [0, 0.05) is 16.9 Å². The van der Waals surface area contributed by atoms with Gasteiger partial charge in [-0.25, -0.2) is 4.98 Å². The number of halogens is 1. The second-order valence-corrected chi connectivity index (χ2v) is 4.98. The van der Waals surface area contributed by atoms with Crippen LogP contribution in [-0.2, 0) is 4.79 Å². The summed E-state index contributed by atoms with van der Waals surface area (Å²) in [6, 6.07) is 11.5. The molecule has 0 spiro atoms. The second kappa shape index (κ2) is 5.91. The number of aromatic hydroxyl groups is 1. The molecule has 0 atom stereocenters. The smallest absolute Gasteiger partial charge is 0.232 e. The minimum atomic E-state index is 0.168. The van der Waals surface area contributed by atoms with Crippen LogP contribution in [0.5, 0.6) is 5.75 Å². The molecule has 3 rings (SSSR count). The Bertz CT molecular complexity index is 853. The van der Waals surface area contributed by atoms with Gasteiger partial charge in [0.2, 0.25) is 5.89 Å². The highest BCUT2D eigenvalue weighted by molar-refractivity contribution is 6.31. The minimum Gasteiger partial charge on any atom is -0.508 e. The van der Waals surface area contributed by atoms with Crippen LogP contribution in [-0.4, -0.2) is 16.4 Å². The highest BCUT2D eigenvalue weighted by Crippen LogP contribution is 2.23. The summed E-state index contributed by atoms with van der Waals surface area (Å²) in [5, 5.41) is 12.7. The van der Waals surface area contributed by atoms with E-state index in [4.69, 9.17) is 16.0 Å². The van der Waals surface area contributed by atoms with Crippen molar-refractivity contribution < 1.29 is 14.3 Å². The topological polar surface area (TPSA) is 75.4 Å². The molecule has 110 valence electrons. The van der Waals surface area contributed by atoms with Gasteiger partial charge in [-0.05, 0) is 42.5 Å². The van der Waals surface area contributed by atoms with Gasteiger partial charge in [0.1, 0.15) is 11.3 Å². The summed E-state index contributed by atoms with van der Waals surface area (Å²) in [6.07, 6.45) is 2.14. The van der Waals surface area contributed by atoms with E-state index in [1.54, 1.807) is 30.3 Å². The van der Waals surface area contributed by atoms with Gasteiger partial charge >= 0.3 is 0 Å². The summed E-state index contributed by atoms with van der Waals surface area (Å²) in [6.45, 7) is 0. The lowest BCUT2D eigenvalue weighted by Crippen LogP contribution is -1.93. The van der Waals surface area contributed by atoms with Crippen molar-refractivity contribution in [2.45, 2.75) is 0 Å². The molecule has 2 aromatic carbocycles. The minimum absolute atomic E-state index is 0.168. The summed E-state index contributed by atoms with van der Waals surface area (Å²) in [7, 11) is 0. The Morgan fingerprint density at radius 1 is 1.23 bits per heavy atom. The third kappa shape index (κ3) is 2.94. The summed E-state index contributed by atoms with van der Waals surface area (Å²) >= 11 is 5.90. The van der Waals surface area contributed by atoms with Gasteiger partial charge in [0.05, 0.1) is 5.57 Å². The fourth-order valence-electron chi connectivity index (χ4n) is 1.89. The fraction of sp³-hybridized carbons (Fsp3) is 0. The Balaban J connectivity index is 1.89. The lowest BCUT2D eigenvalue weighted by molar-refractivity contribution is -0.103. The Kier molecular flexibility index (Phi) is 3.80. The summed E-state index contributed by atoms with van der Waals surface area (Å²) in [4.78, 5) is 15.5. The highest BCUT2D eigenvalue weighted by Gasteiger charge is 2.10. The number of nitrogens with one attached hydrogen (secondary N) is 1. The molecule has 0 saturated heterocycles. The highest BCUT2D eigenvalue weighted by atomic mass is 35.5. The fourth-order valence-corrected chi connectivity index (χ4v) is 2.06. The van der Waals surface area contributed by atoms with Crippen molar-refractivity contribution in [3.05, 3.63) is 59.6 Å². The van der Waals surface area contributed by atoms with Gasteiger partial charge in [0.25, 0.3) is 0 Å². The lowest BCUT2D eigenvalue weighted by atomic mass is 10.3. The molecular weight excluding hydrogens is 304 g/mol. The van der Waals surface area contributed by atoms with Crippen LogP contribution < -0.4 is 5.32 Å². The van der Waals surface area contributed by atoms with E-state index in [0.717, 1.165) is 5.69 Å². The van der Waals surface area contributed by atoms with Crippen LogP contribution >= 0.6 is 11.6 Å². The number of phenols is 1. The number of fused-ring (bicyclic) bond motifs is 1. The van der Waals surface area contributed by atoms with Gasteiger partial charge in [-0.2, -0.15) is 0 Å². The molecule has 22 heavy (non-hydrogen) atoms.